The maximum atomic E-state index is 13.4. The van der Waals surface area contributed by atoms with Crippen molar-refractivity contribution in [2.45, 2.75) is 24.8 Å². The molecular weight excluding hydrogens is 440 g/mol. The number of sulfonamides is 1. The number of hydrogen-bond acceptors (Lipinski definition) is 4. The van der Waals surface area contributed by atoms with Gasteiger partial charge < -0.3 is 4.90 Å². The second-order valence-corrected chi connectivity index (χ2v) is 10.3. The highest BCUT2D eigenvalue weighted by atomic mass is 35.5. The Morgan fingerprint density at radius 2 is 1.97 bits per heavy atom. The summed E-state index contributed by atoms with van der Waals surface area (Å²) >= 11 is 7.87. The number of thiophene rings is 1. The SMILES string of the molecule is CCN(Cc1cccs1)C(=O)c1ccc(Cl)c(S(=O)(=O)N2CCc3ccccc32)c1. The Morgan fingerprint density at radius 3 is 2.70 bits per heavy atom. The largest absolute Gasteiger partial charge is 0.334 e. The third-order valence-corrected chi connectivity index (χ3v) is 8.34. The van der Waals surface area contributed by atoms with Gasteiger partial charge in [0, 0.05) is 23.5 Å². The van der Waals surface area contributed by atoms with E-state index in [2.05, 4.69) is 0 Å². The van der Waals surface area contributed by atoms with Crippen molar-refractivity contribution in [1.29, 1.82) is 0 Å². The molecule has 4 rings (SSSR count). The monoisotopic (exact) mass is 460 g/mol. The number of rotatable bonds is 6. The number of amides is 1. The van der Waals surface area contributed by atoms with Crippen molar-refractivity contribution in [2.24, 2.45) is 0 Å². The molecule has 1 amide bonds. The number of benzene rings is 2. The summed E-state index contributed by atoms with van der Waals surface area (Å²) in [6, 6.07) is 15.8. The summed E-state index contributed by atoms with van der Waals surface area (Å²) in [5, 5.41) is 2.08. The first kappa shape index (κ1) is 20.9. The first-order valence-corrected chi connectivity index (χ1v) is 12.3. The van der Waals surface area contributed by atoms with E-state index in [9.17, 15) is 13.2 Å². The Hall–Kier alpha value is -2.35. The molecule has 0 saturated carbocycles. The Bertz CT molecular complexity index is 1180. The predicted octanol–water partition coefficient (Wildman–Crippen LogP) is 4.82. The number of anilines is 1. The van der Waals surface area contributed by atoms with Gasteiger partial charge >= 0.3 is 0 Å². The molecule has 2 heterocycles. The predicted molar refractivity (Wildman–Crippen MR) is 121 cm³/mol. The van der Waals surface area contributed by atoms with Crippen molar-refractivity contribution in [2.75, 3.05) is 17.4 Å². The fourth-order valence-corrected chi connectivity index (χ4v) is 6.34. The topological polar surface area (TPSA) is 57.7 Å². The molecule has 1 aliphatic rings. The highest BCUT2D eigenvalue weighted by Crippen LogP contribution is 2.35. The van der Waals surface area contributed by atoms with Crippen LogP contribution in [-0.4, -0.2) is 32.3 Å². The van der Waals surface area contributed by atoms with Crippen molar-refractivity contribution in [3.8, 4) is 0 Å². The minimum absolute atomic E-state index is 0.0427. The van der Waals surface area contributed by atoms with Crippen LogP contribution in [0.4, 0.5) is 5.69 Å². The minimum Gasteiger partial charge on any atom is -0.334 e. The normalized spacial score (nSPS) is 13.3. The second kappa shape index (κ2) is 8.41. The number of hydrogen-bond donors (Lipinski definition) is 0. The molecule has 30 heavy (non-hydrogen) atoms. The highest BCUT2D eigenvalue weighted by molar-refractivity contribution is 7.93. The van der Waals surface area contributed by atoms with Gasteiger partial charge in [-0.3, -0.25) is 9.10 Å². The molecule has 0 aliphatic carbocycles. The van der Waals surface area contributed by atoms with Crippen LogP contribution in [0, 0.1) is 0 Å². The molecule has 1 aliphatic heterocycles. The van der Waals surface area contributed by atoms with E-state index >= 15 is 0 Å². The van der Waals surface area contributed by atoms with E-state index in [0.717, 1.165) is 10.4 Å². The van der Waals surface area contributed by atoms with Crippen LogP contribution in [0.2, 0.25) is 5.02 Å². The zero-order chi connectivity index (χ0) is 21.3. The smallest absolute Gasteiger partial charge is 0.265 e. The van der Waals surface area contributed by atoms with E-state index in [1.54, 1.807) is 28.4 Å². The lowest BCUT2D eigenvalue weighted by Gasteiger charge is -2.23. The van der Waals surface area contributed by atoms with Crippen LogP contribution in [0.15, 0.2) is 64.9 Å². The fourth-order valence-electron chi connectivity index (χ4n) is 3.61. The molecule has 0 fully saturated rings. The van der Waals surface area contributed by atoms with Gasteiger partial charge in [-0.25, -0.2) is 8.42 Å². The van der Waals surface area contributed by atoms with Gasteiger partial charge in [0.25, 0.3) is 15.9 Å². The van der Waals surface area contributed by atoms with E-state index in [1.807, 2.05) is 42.6 Å². The molecule has 0 spiro atoms. The first-order valence-electron chi connectivity index (χ1n) is 9.63. The van der Waals surface area contributed by atoms with Crippen LogP contribution >= 0.6 is 22.9 Å². The van der Waals surface area contributed by atoms with E-state index < -0.39 is 10.0 Å². The third kappa shape index (κ3) is 3.85. The molecule has 0 N–H and O–H groups in total. The quantitative estimate of drug-likeness (QED) is 0.530. The van der Waals surface area contributed by atoms with Crippen LogP contribution in [0.25, 0.3) is 0 Å². The molecule has 3 aromatic rings. The van der Waals surface area contributed by atoms with Gasteiger partial charge in [-0.15, -0.1) is 11.3 Å². The number of para-hydroxylation sites is 1. The molecule has 8 heteroatoms. The van der Waals surface area contributed by atoms with Crippen LogP contribution in [-0.2, 0) is 23.0 Å². The number of halogens is 1. The molecule has 0 saturated heterocycles. The summed E-state index contributed by atoms with van der Waals surface area (Å²) in [5.41, 5.74) is 1.96. The summed E-state index contributed by atoms with van der Waals surface area (Å²) < 4.78 is 28.2. The zero-order valence-corrected chi connectivity index (χ0v) is 18.8. The molecule has 156 valence electrons. The average Bonchev–Trinajstić information content (AvgIpc) is 3.41. The van der Waals surface area contributed by atoms with Crippen molar-refractivity contribution < 1.29 is 13.2 Å². The van der Waals surface area contributed by atoms with Crippen molar-refractivity contribution in [3.63, 3.8) is 0 Å². The van der Waals surface area contributed by atoms with E-state index in [1.165, 1.54) is 16.4 Å². The highest BCUT2D eigenvalue weighted by Gasteiger charge is 2.33. The summed E-state index contributed by atoms with van der Waals surface area (Å²) in [5.74, 6) is -0.221. The Morgan fingerprint density at radius 1 is 1.17 bits per heavy atom. The molecule has 0 radical (unpaired) electrons. The molecule has 1 aromatic heterocycles. The molecule has 0 bridgehead atoms. The molecule has 0 unspecified atom stereocenters. The van der Waals surface area contributed by atoms with E-state index in [0.29, 0.717) is 37.3 Å². The summed E-state index contributed by atoms with van der Waals surface area (Å²) in [6.07, 6.45) is 0.649. The summed E-state index contributed by atoms with van der Waals surface area (Å²) in [4.78, 5) is 15.8. The number of nitrogens with zero attached hydrogens (tertiary/aromatic N) is 2. The van der Waals surface area contributed by atoms with Crippen LogP contribution in [0.1, 0.15) is 27.7 Å². The van der Waals surface area contributed by atoms with Gasteiger partial charge in [-0.1, -0.05) is 35.9 Å². The van der Waals surface area contributed by atoms with Gasteiger partial charge in [0.1, 0.15) is 4.90 Å². The first-order chi connectivity index (χ1) is 14.4. The van der Waals surface area contributed by atoms with Gasteiger partial charge in [-0.05, 0) is 54.6 Å². The number of carbonyl (C=O) groups excluding carboxylic acids is 1. The van der Waals surface area contributed by atoms with Crippen LogP contribution < -0.4 is 4.31 Å². The lowest BCUT2D eigenvalue weighted by atomic mass is 10.2. The Kier molecular flexibility index (Phi) is 5.86. The molecular formula is C22H21ClN2O3S2. The van der Waals surface area contributed by atoms with Gasteiger partial charge in [-0.2, -0.15) is 0 Å². The summed E-state index contributed by atoms with van der Waals surface area (Å²) in [6.45, 7) is 3.26. The van der Waals surface area contributed by atoms with Gasteiger partial charge in [0.05, 0.1) is 17.3 Å². The lowest BCUT2D eigenvalue weighted by Crippen LogP contribution is -2.31. The van der Waals surface area contributed by atoms with Crippen LogP contribution in [0.3, 0.4) is 0 Å². The standard InChI is InChI=1S/C22H21ClN2O3S2/c1-2-24(15-18-7-5-13-29-18)22(26)17-9-10-19(23)21(14-17)30(27,28)25-12-11-16-6-3-4-8-20(16)25/h3-10,13-14H,2,11-12,15H2,1H3. The molecule has 2 aromatic carbocycles. The van der Waals surface area contributed by atoms with E-state index in [4.69, 9.17) is 11.6 Å². The van der Waals surface area contributed by atoms with Crippen molar-refractivity contribution in [3.05, 3.63) is 81.0 Å². The lowest BCUT2D eigenvalue weighted by molar-refractivity contribution is 0.0754. The maximum absolute atomic E-state index is 13.4. The third-order valence-electron chi connectivity index (χ3n) is 5.19. The molecule has 5 nitrogen and oxygen atoms in total. The van der Waals surface area contributed by atoms with Gasteiger partial charge in [0.15, 0.2) is 0 Å². The van der Waals surface area contributed by atoms with Crippen molar-refractivity contribution >= 4 is 44.6 Å². The fraction of sp³-hybridized carbons (Fsp3) is 0.227. The average molecular weight is 461 g/mol. The summed E-state index contributed by atoms with van der Waals surface area (Å²) in [7, 11) is -3.89. The maximum Gasteiger partial charge on any atom is 0.265 e. The number of carbonyl (C=O) groups is 1. The Balaban J connectivity index is 1.67. The minimum atomic E-state index is -3.89. The zero-order valence-electron chi connectivity index (χ0n) is 16.4. The second-order valence-electron chi connectivity index (χ2n) is 7.00. The van der Waals surface area contributed by atoms with E-state index in [-0.39, 0.29) is 15.8 Å². The number of fused-ring (bicyclic) bond motifs is 1. The Labute approximate surface area is 185 Å². The molecule has 0 atom stereocenters. The van der Waals surface area contributed by atoms with Gasteiger partial charge in [0.2, 0.25) is 0 Å². The van der Waals surface area contributed by atoms with Crippen LogP contribution in [0.5, 0.6) is 0 Å². The van der Waals surface area contributed by atoms with Crippen molar-refractivity contribution in [1.82, 2.24) is 4.90 Å².